The van der Waals surface area contributed by atoms with E-state index in [1.165, 1.54) is 10.5 Å². The van der Waals surface area contributed by atoms with Gasteiger partial charge < -0.3 is 4.74 Å². The summed E-state index contributed by atoms with van der Waals surface area (Å²) in [7, 11) is 0. The normalized spacial score (nSPS) is 31.1. The molecule has 2 nitrogen and oxygen atoms in total. The molecule has 2 heterocycles. The molecule has 0 bridgehead atoms. The molecule has 2 aliphatic rings. The van der Waals surface area contributed by atoms with E-state index in [-0.39, 0.29) is 5.41 Å². The van der Waals surface area contributed by atoms with E-state index in [1.54, 1.807) is 0 Å². The third kappa shape index (κ3) is 2.08. The van der Waals surface area contributed by atoms with Crippen LogP contribution in [-0.4, -0.2) is 18.5 Å². The van der Waals surface area contributed by atoms with E-state index in [0.717, 1.165) is 25.9 Å². The van der Waals surface area contributed by atoms with Gasteiger partial charge >= 0.3 is 0 Å². The van der Waals surface area contributed by atoms with Crippen LogP contribution in [0.2, 0.25) is 0 Å². The van der Waals surface area contributed by atoms with Crippen LogP contribution in [0.5, 0.6) is 0 Å². The first kappa shape index (κ1) is 11.1. The summed E-state index contributed by atoms with van der Waals surface area (Å²) in [5.74, 6) is 0. The van der Waals surface area contributed by atoms with Crippen LogP contribution in [0.4, 0.5) is 0 Å². The second kappa shape index (κ2) is 4.36. The van der Waals surface area contributed by atoms with E-state index in [0.29, 0.717) is 11.9 Å². The van der Waals surface area contributed by atoms with E-state index in [1.807, 2.05) is 11.8 Å². The number of rotatable bonds is 2. The molecule has 3 heteroatoms. The third-order valence-corrected chi connectivity index (χ3v) is 4.99. The van der Waals surface area contributed by atoms with Crippen molar-refractivity contribution in [1.29, 1.82) is 5.26 Å². The summed E-state index contributed by atoms with van der Waals surface area (Å²) >= 11 is 1.93. The second-order valence-electron chi connectivity index (χ2n) is 4.95. The van der Waals surface area contributed by atoms with Gasteiger partial charge in [0, 0.05) is 16.8 Å². The zero-order valence-corrected chi connectivity index (χ0v) is 10.5. The fourth-order valence-electron chi connectivity index (χ4n) is 2.71. The van der Waals surface area contributed by atoms with Crippen LogP contribution >= 0.6 is 11.8 Å². The number of nitriles is 1. The van der Waals surface area contributed by atoms with Crippen molar-refractivity contribution in [2.24, 2.45) is 5.41 Å². The summed E-state index contributed by atoms with van der Waals surface area (Å²) < 4.78 is 5.41. The predicted molar refractivity (Wildman–Crippen MR) is 67.9 cm³/mol. The lowest BCUT2D eigenvalue weighted by Crippen LogP contribution is -2.23. The van der Waals surface area contributed by atoms with Crippen molar-refractivity contribution < 1.29 is 4.74 Å². The minimum absolute atomic E-state index is 0.223. The van der Waals surface area contributed by atoms with Crippen molar-refractivity contribution in [3.05, 3.63) is 29.8 Å². The van der Waals surface area contributed by atoms with E-state index in [9.17, 15) is 5.26 Å². The van der Waals surface area contributed by atoms with Gasteiger partial charge in [0.05, 0.1) is 18.1 Å². The predicted octanol–water partition coefficient (Wildman–Crippen LogP) is 3.02. The number of thioether (sulfide) groups is 1. The molecule has 0 aromatic heterocycles. The zero-order valence-electron chi connectivity index (χ0n) is 9.69. The molecule has 0 aliphatic carbocycles. The highest BCUT2D eigenvalue weighted by molar-refractivity contribution is 8.00. The van der Waals surface area contributed by atoms with Gasteiger partial charge in [-0.3, -0.25) is 0 Å². The Balaban J connectivity index is 1.71. The van der Waals surface area contributed by atoms with Crippen LogP contribution in [-0.2, 0) is 11.2 Å². The Bertz CT molecular complexity index is 435. The Morgan fingerprint density at radius 1 is 1.47 bits per heavy atom. The topological polar surface area (TPSA) is 33.0 Å². The Kier molecular flexibility index (Phi) is 2.85. The molecule has 1 fully saturated rings. The quantitative estimate of drug-likeness (QED) is 0.803. The minimum Gasteiger partial charge on any atom is -0.380 e. The molecule has 0 N–H and O–H groups in total. The lowest BCUT2D eigenvalue weighted by molar-refractivity contribution is 0.168. The smallest absolute Gasteiger partial charge is 0.0839 e. The monoisotopic (exact) mass is 245 g/mol. The minimum atomic E-state index is -0.223. The highest BCUT2D eigenvalue weighted by Gasteiger charge is 2.39. The van der Waals surface area contributed by atoms with Crippen molar-refractivity contribution >= 4 is 11.8 Å². The van der Waals surface area contributed by atoms with Gasteiger partial charge in [-0.05, 0) is 30.9 Å². The highest BCUT2D eigenvalue weighted by atomic mass is 32.2. The van der Waals surface area contributed by atoms with Gasteiger partial charge in [0.1, 0.15) is 0 Å². The lowest BCUT2D eigenvalue weighted by atomic mass is 9.83. The maximum atomic E-state index is 9.35. The molecule has 0 radical (unpaired) electrons. The van der Waals surface area contributed by atoms with Gasteiger partial charge in [-0.2, -0.15) is 5.26 Å². The van der Waals surface area contributed by atoms with Crippen LogP contribution in [0.3, 0.4) is 0 Å². The van der Waals surface area contributed by atoms with Gasteiger partial charge in [-0.1, -0.05) is 18.2 Å². The summed E-state index contributed by atoms with van der Waals surface area (Å²) in [4.78, 5) is 1.39. The number of hydrogen-bond donors (Lipinski definition) is 0. The first-order valence-electron chi connectivity index (χ1n) is 6.05. The summed E-state index contributed by atoms with van der Waals surface area (Å²) in [6.45, 7) is 1.37. The second-order valence-corrected chi connectivity index (χ2v) is 6.29. The first-order valence-corrected chi connectivity index (χ1v) is 6.93. The summed E-state index contributed by atoms with van der Waals surface area (Å²) in [5.41, 5.74) is 1.22. The lowest BCUT2D eigenvalue weighted by Gasteiger charge is -2.21. The summed E-state index contributed by atoms with van der Waals surface area (Å²) in [6.07, 6.45) is 2.96. The fourth-order valence-corrected chi connectivity index (χ4v) is 4.19. The Morgan fingerprint density at radius 3 is 3.06 bits per heavy atom. The van der Waals surface area contributed by atoms with Crippen molar-refractivity contribution in [3.63, 3.8) is 0 Å². The van der Waals surface area contributed by atoms with Crippen LogP contribution in [0.1, 0.15) is 18.4 Å². The summed E-state index contributed by atoms with van der Waals surface area (Å²) in [5, 5.41) is 9.90. The molecule has 88 valence electrons. The number of nitrogens with zero attached hydrogens (tertiary/aromatic N) is 1. The molecule has 2 unspecified atom stereocenters. The molecule has 1 aromatic rings. The molecule has 17 heavy (non-hydrogen) atoms. The average Bonchev–Trinajstić information content (AvgIpc) is 2.95. The molecule has 0 saturated carbocycles. The van der Waals surface area contributed by atoms with Gasteiger partial charge in [0.25, 0.3) is 0 Å². The van der Waals surface area contributed by atoms with E-state index in [2.05, 4.69) is 30.3 Å². The Labute approximate surface area is 106 Å². The molecule has 3 rings (SSSR count). The Morgan fingerprint density at radius 2 is 2.35 bits per heavy atom. The zero-order chi connectivity index (χ0) is 11.7. The van der Waals surface area contributed by atoms with E-state index >= 15 is 0 Å². The van der Waals surface area contributed by atoms with E-state index in [4.69, 9.17) is 4.74 Å². The van der Waals surface area contributed by atoms with Crippen molar-refractivity contribution in [3.8, 4) is 6.07 Å². The van der Waals surface area contributed by atoms with Gasteiger partial charge in [-0.15, -0.1) is 11.8 Å². The van der Waals surface area contributed by atoms with Crippen LogP contribution in [0, 0.1) is 16.7 Å². The molecule has 1 saturated heterocycles. The number of benzene rings is 1. The first-order chi connectivity index (χ1) is 8.31. The molecule has 2 atom stereocenters. The van der Waals surface area contributed by atoms with Crippen molar-refractivity contribution in [2.45, 2.75) is 29.4 Å². The number of fused-ring (bicyclic) bond motifs is 1. The summed E-state index contributed by atoms with van der Waals surface area (Å²) in [6, 6.07) is 11.1. The van der Waals surface area contributed by atoms with Crippen LogP contribution in [0.25, 0.3) is 0 Å². The molecule has 2 aliphatic heterocycles. The van der Waals surface area contributed by atoms with Gasteiger partial charge in [-0.25, -0.2) is 0 Å². The van der Waals surface area contributed by atoms with Crippen molar-refractivity contribution in [2.75, 3.05) is 13.2 Å². The maximum absolute atomic E-state index is 9.35. The fraction of sp³-hybridized carbons (Fsp3) is 0.500. The standard InChI is InChI=1S/C14H15NOS/c15-9-14(5-6-16-10-14)8-12-7-11-3-1-2-4-13(11)17-12/h1-4,12H,5-8,10H2. The largest absolute Gasteiger partial charge is 0.380 e. The van der Waals surface area contributed by atoms with Crippen LogP contribution in [0.15, 0.2) is 29.2 Å². The molecule has 0 spiro atoms. The number of ether oxygens (including phenoxy) is 1. The van der Waals surface area contributed by atoms with Gasteiger partial charge in [0.15, 0.2) is 0 Å². The average molecular weight is 245 g/mol. The maximum Gasteiger partial charge on any atom is 0.0839 e. The number of hydrogen-bond acceptors (Lipinski definition) is 3. The SMILES string of the molecule is N#CC1(CC2Cc3ccccc3S2)CCOC1. The molecule has 1 aromatic carbocycles. The third-order valence-electron chi connectivity index (χ3n) is 3.67. The van der Waals surface area contributed by atoms with Crippen molar-refractivity contribution in [1.82, 2.24) is 0 Å². The highest BCUT2D eigenvalue weighted by Crippen LogP contribution is 2.44. The Hall–Kier alpha value is -0.980. The molecular weight excluding hydrogens is 230 g/mol. The molecule has 0 amide bonds. The van der Waals surface area contributed by atoms with Crippen LogP contribution < -0.4 is 0 Å². The molecular formula is C14H15NOS. The van der Waals surface area contributed by atoms with E-state index < -0.39 is 0 Å². The van der Waals surface area contributed by atoms with Gasteiger partial charge in [0.2, 0.25) is 0 Å².